The highest BCUT2D eigenvalue weighted by molar-refractivity contribution is 5.99. The topological polar surface area (TPSA) is 119 Å². The van der Waals surface area contributed by atoms with Crippen molar-refractivity contribution in [3.05, 3.63) is 77.9 Å². The van der Waals surface area contributed by atoms with E-state index >= 15 is 0 Å². The summed E-state index contributed by atoms with van der Waals surface area (Å²) in [4.78, 5) is 13.6. The van der Waals surface area contributed by atoms with E-state index in [1.165, 1.54) is 0 Å². The number of anilines is 2. The number of amides is 1. The van der Waals surface area contributed by atoms with Crippen LogP contribution in [0.3, 0.4) is 0 Å². The van der Waals surface area contributed by atoms with Crippen LogP contribution >= 0.6 is 0 Å². The number of rotatable bonds is 11. The third kappa shape index (κ3) is 6.91. The number of ether oxygens (including phenoxy) is 3. The molecule has 0 fully saturated rings. The van der Waals surface area contributed by atoms with Crippen LogP contribution in [0.25, 0.3) is 0 Å². The van der Waals surface area contributed by atoms with E-state index in [2.05, 4.69) is 10.6 Å². The molecule has 8 heteroatoms. The summed E-state index contributed by atoms with van der Waals surface area (Å²) in [5.74, 6) is 1.41. The van der Waals surface area contributed by atoms with Crippen molar-refractivity contribution in [1.29, 1.82) is 5.41 Å². The molecule has 0 saturated carbocycles. The molecule has 0 aliphatic rings. The van der Waals surface area contributed by atoms with Gasteiger partial charge >= 0.3 is 0 Å². The minimum Gasteiger partial charge on any atom is -0.495 e. The van der Waals surface area contributed by atoms with Gasteiger partial charge in [0.1, 0.15) is 17.6 Å². The van der Waals surface area contributed by atoms with Crippen LogP contribution < -0.4 is 30.6 Å². The molecule has 8 nitrogen and oxygen atoms in total. The first-order valence-corrected chi connectivity index (χ1v) is 11.8. The number of nitrogen functional groups attached to an aromatic ring is 1. The van der Waals surface area contributed by atoms with E-state index in [1.807, 2.05) is 58.0 Å². The molecular formula is C28H34N4O4. The van der Waals surface area contributed by atoms with Crippen LogP contribution in [0, 0.1) is 5.41 Å². The summed E-state index contributed by atoms with van der Waals surface area (Å²) in [6.07, 6.45) is -0.115. The normalized spacial score (nSPS) is 11.6. The van der Waals surface area contributed by atoms with Gasteiger partial charge in [-0.3, -0.25) is 10.2 Å². The lowest BCUT2D eigenvalue weighted by atomic mass is 10.0. The van der Waals surface area contributed by atoms with Crippen LogP contribution in [0.15, 0.2) is 66.7 Å². The zero-order valence-corrected chi connectivity index (χ0v) is 21.3. The van der Waals surface area contributed by atoms with Crippen LogP contribution in [0.2, 0.25) is 0 Å². The van der Waals surface area contributed by atoms with E-state index in [4.69, 9.17) is 25.4 Å². The van der Waals surface area contributed by atoms with E-state index in [0.717, 1.165) is 0 Å². The molecule has 3 aromatic rings. The highest BCUT2D eigenvalue weighted by Gasteiger charge is 2.24. The summed E-state index contributed by atoms with van der Waals surface area (Å²) in [5.41, 5.74) is 8.11. The summed E-state index contributed by atoms with van der Waals surface area (Å²) >= 11 is 0. The lowest BCUT2D eigenvalue weighted by Gasteiger charge is -2.23. The maximum absolute atomic E-state index is 13.6. The van der Waals surface area contributed by atoms with Gasteiger partial charge in [-0.2, -0.15) is 0 Å². The number of carbonyl (C=O) groups excluding carboxylic acids is 1. The van der Waals surface area contributed by atoms with Crippen molar-refractivity contribution >= 4 is 23.1 Å². The van der Waals surface area contributed by atoms with E-state index < -0.39 is 6.04 Å². The van der Waals surface area contributed by atoms with Gasteiger partial charge in [-0.1, -0.05) is 18.2 Å². The molecule has 0 spiro atoms. The number of hydrogen-bond donors (Lipinski definition) is 4. The molecule has 190 valence electrons. The molecule has 1 atom stereocenters. The summed E-state index contributed by atoms with van der Waals surface area (Å²) < 4.78 is 17.3. The second-order valence-electron chi connectivity index (χ2n) is 8.80. The van der Waals surface area contributed by atoms with Gasteiger partial charge in [0, 0.05) is 11.3 Å². The molecule has 0 radical (unpaired) electrons. The molecule has 0 saturated heterocycles. The monoisotopic (exact) mass is 490 g/mol. The molecular weight excluding hydrogens is 456 g/mol. The predicted molar refractivity (Wildman–Crippen MR) is 143 cm³/mol. The van der Waals surface area contributed by atoms with Crippen molar-refractivity contribution < 1.29 is 19.0 Å². The van der Waals surface area contributed by atoms with Crippen LogP contribution in [-0.4, -0.2) is 31.1 Å². The average molecular weight is 491 g/mol. The number of nitrogens with two attached hydrogens (primary N) is 1. The highest BCUT2D eigenvalue weighted by Crippen LogP contribution is 2.34. The van der Waals surface area contributed by atoms with Gasteiger partial charge in [0.15, 0.2) is 11.5 Å². The number of amidine groups is 1. The SMILES string of the molecule is COc1ccccc1NC(=O)C(Nc1ccc(C(=N)N)cc1)c1ccc(OC(C)C)c(OC(C)C)c1. The fraction of sp³-hybridized carbons (Fsp3) is 0.286. The highest BCUT2D eigenvalue weighted by atomic mass is 16.5. The molecule has 0 aliphatic carbocycles. The number of methoxy groups -OCH3 is 1. The third-order valence-corrected chi connectivity index (χ3v) is 5.16. The number of para-hydroxylation sites is 2. The Bertz CT molecular complexity index is 1190. The van der Waals surface area contributed by atoms with Crippen molar-refractivity contribution in [3.63, 3.8) is 0 Å². The summed E-state index contributed by atoms with van der Waals surface area (Å²) in [6.45, 7) is 7.77. The van der Waals surface area contributed by atoms with Gasteiger partial charge in [-0.25, -0.2) is 0 Å². The van der Waals surface area contributed by atoms with Crippen molar-refractivity contribution in [2.75, 3.05) is 17.7 Å². The third-order valence-electron chi connectivity index (χ3n) is 5.16. The summed E-state index contributed by atoms with van der Waals surface area (Å²) in [6, 6.07) is 18.9. The lowest BCUT2D eigenvalue weighted by molar-refractivity contribution is -0.117. The smallest absolute Gasteiger partial charge is 0.251 e. The first-order valence-electron chi connectivity index (χ1n) is 11.8. The standard InChI is InChI=1S/C28H34N4O4/c1-17(2)35-24-15-12-20(16-25(24)36-18(3)4)26(31-21-13-10-19(11-14-21)27(29)30)28(33)32-22-8-6-7-9-23(22)34-5/h6-18,26,31H,1-5H3,(H3,29,30)(H,32,33). The maximum atomic E-state index is 13.6. The number of nitrogens with one attached hydrogen (secondary N) is 3. The second kappa shape index (κ2) is 12.0. The minimum atomic E-state index is -0.777. The van der Waals surface area contributed by atoms with Crippen LogP contribution in [0.1, 0.15) is 44.9 Å². The Hall–Kier alpha value is -4.20. The zero-order valence-electron chi connectivity index (χ0n) is 21.3. The molecule has 0 heterocycles. The van der Waals surface area contributed by atoms with Gasteiger partial charge in [0.25, 0.3) is 5.91 Å². The fourth-order valence-corrected chi connectivity index (χ4v) is 3.57. The Morgan fingerprint density at radius 3 is 2.11 bits per heavy atom. The number of benzene rings is 3. The Labute approximate surface area is 212 Å². The molecule has 0 aromatic heterocycles. The average Bonchev–Trinajstić information content (AvgIpc) is 2.83. The molecule has 5 N–H and O–H groups in total. The van der Waals surface area contributed by atoms with Crippen molar-refractivity contribution in [2.45, 2.75) is 45.9 Å². The van der Waals surface area contributed by atoms with Crippen LogP contribution in [0.4, 0.5) is 11.4 Å². The van der Waals surface area contributed by atoms with Crippen LogP contribution in [-0.2, 0) is 4.79 Å². The van der Waals surface area contributed by atoms with Gasteiger partial charge in [-0.15, -0.1) is 0 Å². The Morgan fingerprint density at radius 1 is 0.861 bits per heavy atom. The quantitative estimate of drug-likeness (QED) is 0.213. The minimum absolute atomic E-state index is 0.0248. The zero-order chi connectivity index (χ0) is 26.2. The molecule has 3 rings (SSSR count). The summed E-state index contributed by atoms with van der Waals surface area (Å²) in [5, 5.41) is 13.9. The van der Waals surface area contributed by atoms with Crippen molar-refractivity contribution in [2.24, 2.45) is 5.73 Å². The van der Waals surface area contributed by atoms with Crippen molar-refractivity contribution in [1.82, 2.24) is 0 Å². The fourth-order valence-electron chi connectivity index (χ4n) is 3.57. The predicted octanol–water partition coefficient (Wildman–Crippen LogP) is 5.35. The lowest BCUT2D eigenvalue weighted by Crippen LogP contribution is -2.27. The first-order chi connectivity index (χ1) is 17.2. The molecule has 0 bridgehead atoms. The Morgan fingerprint density at radius 2 is 1.50 bits per heavy atom. The van der Waals surface area contributed by atoms with E-state index in [0.29, 0.717) is 39.8 Å². The van der Waals surface area contributed by atoms with Gasteiger partial charge in [0.05, 0.1) is 25.0 Å². The summed E-state index contributed by atoms with van der Waals surface area (Å²) in [7, 11) is 1.56. The maximum Gasteiger partial charge on any atom is 0.251 e. The molecule has 36 heavy (non-hydrogen) atoms. The molecule has 1 amide bonds. The second-order valence-corrected chi connectivity index (χ2v) is 8.80. The van der Waals surface area contributed by atoms with Gasteiger partial charge in [-0.05, 0) is 81.8 Å². The largest absolute Gasteiger partial charge is 0.495 e. The van der Waals surface area contributed by atoms with Crippen molar-refractivity contribution in [3.8, 4) is 17.2 Å². The number of carbonyl (C=O) groups is 1. The van der Waals surface area contributed by atoms with E-state index in [-0.39, 0.29) is 24.0 Å². The molecule has 0 aliphatic heterocycles. The van der Waals surface area contributed by atoms with Crippen LogP contribution in [0.5, 0.6) is 17.2 Å². The Kier molecular flexibility index (Phi) is 8.78. The van der Waals surface area contributed by atoms with Gasteiger partial charge in [0.2, 0.25) is 0 Å². The van der Waals surface area contributed by atoms with E-state index in [9.17, 15) is 4.79 Å². The van der Waals surface area contributed by atoms with Gasteiger partial charge < -0.3 is 30.6 Å². The number of hydrogen-bond acceptors (Lipinski definition) is 6. The molecule has 3 aromatic carbocycles. The first kappa shape index (κ1) is 26.4. The molecule has 1 unspecified atom stereocenters. The van der Waals surface area contributed by atoms with E-state index in [1.54, 1.807) is 43.5 Å². The Balaban J connectivity index is 2.01.